The van der Waals surface area contributed by atoms with Crippen LogP contribution in [0.3, 0.4) is 0 Å². The van der Waals surface area contributed by atoms with E-state index in [2.05, 4.69) is 12.2 Å². The van der Waals surface area contributed by atoms with Gasteiger partial charge in [-0.05, 0) is 75.3 Å². The SMILES string of the molecule is Cc1cc(Cl)ccc1OCC(=O)Nc1sc2c(c1C(=O)OC(C)C)CCC(C)C2. The van der Waals surface area contributed by atoms with E-state index in [-0.39, 0.29) is 24.6 Å². The van der Waals surface area contributed by atoms with Crippen LogP contribution in [0.5, 0.6) is 5.75 Å². The summed E-state index contributed by atoms with van der Waals surface area (Å²) in [6.07, 6.45) is 2.54. The molecule has 156 valence electrons. The highest BCUT2D eigenvalue weighted by atomic mass is 35.5. The van der Waals surface area contributed by atoms with E-state index in [9.17, 15) is 9.59 Å². The standard InChI is InChI=1S/C22H26ClNO4S/c1-12(2)28-22(26)20-16-7-5-13(3)9-18(16)29-21(20)24-19(25)11-27-17-8-6-15(23)10-14(17)4/h6,8,10,12-13H,5,7,9,11H2,1-4H3,(H,24,25). The number of rotatable bonds is 6. The van der Waals surface area contributed by atoms with Crippen LogP contribution in [0, 0.1) is 12.8 Å². The van der Waals surface area contributed by atoms with Gasteiger partial charge in [0.2, 0.25) is 0 Å². The van der Waals surface area contributed by atoms with E-state index in [0.29, 0.717) is 27.3 Å². The molecule has 3 rings (SSSR count). The van der Waals surface area contributed by atoms with E-state index < -0.39 is 0 Å². The maximum absolute atomic E-state index is 12.7. The van der Waals surface area contributed by atoms with Crippen LogP contribution in [0.25, 0.3) is 0 Å². The van der Waals surface area contributed by atoms with Gasteiger partial charge in [-0.15, -0.1) is 11.3 Å². The van der Waals surface area contributed by atoms with Crippen LogP contribution < -0.4 is 10.1 Å². The van der Waals surface area contributed by atoms with Crippen molar-refractivity contribution in [1.29, 1.82) is 0 Å². The van der Waals surface area contributed by atoms with Crippen LogP contribution in [-0.2, 0) is 22.4 Å². The molecule has 5 nitrogen and oxygen atoms in total. The lowest BCUT2D eigenvalue weighted by atomic mass is 9.88. The highest BCUT2D eigenvalue weighted by molar-refractivity contribution is 7.17. The first-order chi connectivity index (χ1) is 13.7. The number of anilines is 1. The minimum absolute atomic E-state index is 0.153. The third kappa shape index (κ3) is 5.31. The molecule has 1 aliphatic carbocycles. The summed E-state index contributed by atoms with van der Waals surface area (Å²) in [6, 6.07) is 5.24. The van der Waals surface area contributed by atoms with Crippen molar-refractivity contribution < 1.29 is 19.1 Å². The Morgan fingerprint density at radius 3 is 2.79 bits per heavy atom. The molecule has 0 bridgehead atoms. The third-order valence-corrected chi connectivity index (χ3v) is 6.21. The topological polar surface area (TPSA) is 64.6 Å². The smallest absolute Gasteiger partial charge is 0.341 e. The van der Waals surface area contributed by atoms with Crippen LogP contribution in [0.1, 0.15) is 53.6 Å². The van der Waals surface area contributed by atoms with E-state index in [1.54, 1.807) is 18.2 Å². The summed E-state index contributed by atoms with van der Waals surface area (Å²) in [4.78, 5) is 26.4. The summed E-state index contributed by atoms with van der Waals surface area (Å²) in [5, 5.41) is 4.03. The molecule has 1 heterocycles. The molecule has 0 saturated carbocycles. The van der Waals surface area contributed by atoms with Crippen molar-refractivity contribution in [2.24, 2.45) is 5.92 Å². The minimum Gasteiger partial charge on any atom is -0.483 e. The molecule has 1 amide bonds. The zero-order valence-corrected chi connectivity index (χ0v) is 18.7. The molecule has 7 heteroatoms. The van der Waals surface area contributed by atoms with Crippen LogP contribution in [0.4, 0.5) is 5.00 Å². The number of hydrogen-bond donors (Lipinski definition) is 1. The fraction of sp³-hybridized carbons (Fsp3) is 0.455. The number of hydrogen-bond acceptors (Lipinski definition) is 5. The number of carbonyl (C=O) groups is 2. The maximum atomic E-state index is 12.7. The molecule has 1 aliphatic rings. The average molecular weight is 436 g/mol. The molecule has 1 N–H and O–H groups in total. The van der Waals surface area contributed by atoms with Crippen molar-refractivity contribution in [2.75, 3.05) is 11.9 Å². The van der Waals surface area contributed by atoms with Gasteiger partial charge in [0.25, 0.3) is 5.91 Å². The number of amides is 1. The normalized spacial score (nSPS) is 15.7. The van der Waals surface area contributed by atoms with Gasteiger partial charge in [0, 0.05) is 9.90 Å². The second-order valence-corrected chi connectivity index (χ2v) is 9.30. The van der Waals surface area contributed by atoms with Gasteiger partial charge in [0.05, 0.1) is 11.7 Å². The summed E-state index contributed by atoms with van der Waals surface area (Å²) in [5.41, 5.74) is 2.37. The minimum atomic E-state index is -0.378. The van der Waals surface area contributed by atoms with Crippen molar-refractivity contribution >= 4 is 39.8 Å². The number of esters is 1. The molecule has 1 aromatic carbocycles. The van der Waals surface area contributed by atoms with Crippen LogP contribution in [-0.4, -0.2) is 24.6 Å². The van der Waals surface area contributed by atoms with E-state index >= 15 is 0 Å². The molecule has 29 heavy (non-hydrogen) atoms. The molecule has 0 radical (unpaired) electrons. The van der Waals surface area contributed by atoms with Crippen molar-refractivity contribution in [2.45, 2.75) is 53.1 Å². The van der Waals surface area contributed by atoms with Gasteiger partial charge in [-0.1, -0.05) is 18.5 Å². The number of thiophene rings is 1. The first kappa shape index (κ1) is 21.7. The van der Waals surface area contributed by atoms with Gasteiger partial charge < -0.3 is 14.8 Å². The average Bonchev–Trinajstić information content (AvgIpc) is 2.97. The Hall–Kier alpha value is -2.05. The first-order valence-corrected chi connectivity index (χ1v) is 11.0. The van der Waals surface area contributed by atoms with Crippen LogP contribution in [0.15, 0.2) is 18.2 Å². The maximum Gasteiger partial charge on any atom is 0.341 e. The summed E-state index contributed by atoms with van der Waals surface area (Å²) in [7, 11) is 0. The van der Waals surface area contributed by atoms with Gasteiger partial charge in [0.1, 0.15) is 10.8 Å². The Balaban J connectivity index is 1.76. The predicted octanol–water partition coefficient (Wildman–Crippen LogP) is 5.42. The highest BCUT2D eigenvalue weighted by Gasteiger charge is 2.29. The van der Waals surface area contributed by atoms with Gasteiger partial charge >= 0.3 is 5.97 Å². The third-order valence-electron chi connectivity index (χ3n) is 4.81. The molecule has 0 spiro atoms. The van der Waals surface area contributed by atoms with Gasteiger partial charge in [-0.2, -0.15) is 0 Å². The zero-order chi connectivity index (χ0) is 21.1. The second kappa shape index (κ2) is 9.18. The van der Waals surface area contributed by atoms with Crippen LogP contribution >= 0.6 is 22.9 Å². The van der Waals surface area contributed by atoms with Gasteiger partial charge in [-0.3, -0.25) is 4.79 Å². The Morgan fingerprint density at radius 1 is 1.34 bits per heavy atom. The monoisotopic (exact) mass is 435 g/mol. The molecule has 0 saturated heterocycles. The van der Waals surface area contributed by atoms with Crippen molar-refractivity contribution in [1.82, 2.24) is 0 Å². The molecule has 2 aromatic rings. The highest BCUT2D eigenvalue weighted by Crippen LogP contribution is 2.40. The number of halogens is 1. The van der Waals surface area contributed by atoms with E-state index in [0.717, 1.165) is 35.3 Å². The second-order valence-electron chi connectivity index (χ2n) is 7.76. The number of ether oxygens (including phenoxy) is 2. The summed E-state index contributed by atoms with van der Waals surface area (Å²) in [5.74, 6) is 0.472. The molecule has 1 aromatic heterocycles. The molecule has 0 aliphatic heterocycles. The van der Waals surface area contributed by atoms with Crippen LogP contribution in [0.2, 0.25) is 5.02 Å². The summed E-state index contributed by atoms with van der Waals surface area (Å²) in [6.45, 7) is 7.56. The molecule has 1 unspecified atom stereocenters. The number of nitrogens with one attached hydrogen (secondary N) is 1. The van der Waals surface area contributed by atoms with Crippen molar-refractivity contribution in [3.63, 3.8) is 0 Å². The number of benzene rings is 1. The molecule has 0 fully saturated rings. The number of aryl methyl sites for hydroxylation is 1. The lowest BCUT2D eigenvalue weighted by molar-refractivity contribution is -0.118. The number of fused-ring (bicyclic) bond motifs is 1. The molecular formula is C22H26ClNO4S. The Morgan fingerprint density at radius 2 is 2.10 bits per heavy atom. The molecular weight excluding hydrogens is 410 g/mol. The Bertz CT molecular complexity index is 922. The van der Waals surface area contributed by atoms with E-state index in [4.69, 9.17) is 21.1 Å². The largest absolute Gasteiger partial charge is 0.483 e. The van der Waals surface area contributed by atoms with Crippen molar-refractivity contribution in [3.8, 4) is 5.75 Å². The Kier molecular flexibility index (Phi) is 6.85. The van der Waals surface area contributed by atoms with Gasteiger partial charge in [0.15, 0.2) is 6.61 Å². The van der Waals surface area contributed by atoms with E-state index in [1.165, 1.54) is 11.3 Å². The zero-order valence-electron chi connectivity index (χ0n) is 17.1. The fourth-order valence-electron chi connectivity index (χ4n) is 3.41. The Labute approximate surface area is 180 Å². The van der Waals surface area contributed by atoms with E-state index in [1.807, 2.05) is 20.8 Å². The quantitative estimate of drug-likeness (QED) is 0.615. The summed E-state index contributed by atoms with van der Waals surface area (Å²) >= 11 is 7.42. The number of carbonyl (C=O) groups excluding carboxylic acids is 2. The lowest BCUT2D eigenvalue weighted by Gasteiger charge is -2.18. The summed E-state index contributed by atoms with van der Waals surface area (Å²) < 4.78 is 11.1. The fourth-order valence-corrected chi connectivity index (χ4v) is 5.05. The van der Waals surface area contributed by atoms with Gasteiger partial charge in [-0.25, -0.2) is 4.79 Å². The first-order valence-electron chi connectivity index (χ1n) is 9.79. The lowest BCUT2D eigenvalue weighted by Crippen LogP contribution is -2.22. The predicted molar refractivity (Wildman–Crippen MR) is 116 cm³/mol. The molecule has 1 atom stereocenters. The van der Waals surface area contributed by atoms with Crippen molar-refractivity contribution in [3.05, 3.63) is 44.8 Å².